The highest BCUT2D eigenvalue weighted by molar-refractivity contribution is 5.33. The van der Waals surface area contributed by atoms with Crippen molar-refractivity contribution in [1.82, 2.24) is 20.0 Å². The molecule has 0 fully saturated rings. The second-order valence-corrected chi connectivity index (χ2v) is 2.89. The second-order valence-electron chi connectivity index (χ2n) is 2.89. The molecular weight excluding hydrogens is 178 g/mol. The molecule has 0 bridgehead atoms. The van der Waals surface area contributed by atoms with E-state index in [0.717, 1.165) is 11.5 Å². The van der Waals surface area contributed by atoms with E-state index in [-0.39, 0.29) is 0 Å². The van der Waals surface area contributed by atoms with Crippen molar-refractivity contribution in [3.05, 3.63) is 36.3 Å². The molecule has 1 N–H and O–H groups in total. The summed E-state index contributed by atoms with van der Waals surface area (Å²) in [5.74, 6) is 0.846. The molecule has 0 aliphatic carbocycles. The maximum Gasteiger partial charge on any atom is 0.126 e. The first-order valence-electron chi connectivity index (χ1n) is 4.35. The van der Waals surface area contributed by atoms with Crippen LogP contribution in [0.1, 0.15) is 5.69 Å². The van der Waals surface area contributed by atoms with E-state index in [9.17, 15) is 0 Å². The molecule has 0 unspecified atom stereocenters. The minimum absolute atomic E-state index is 0.644. The quantitative estimate of drug-likeness (QED) is 0.776. The maximum atomic E-state index is 4.14. The van der Waals surface area contributed by atoms with Crippen LogP contribution in [0.4, 0.5) is 5.82 Å². The summed E-state index contributed by atoms with van der Waals surface area (Å²) < 4.78 is 0. The minimum atomic E-state index is 0.644. The molecule has 0 spiro atoms. The van der Waals surface area contributed by atoms with Gasteiger partial charge in [-0.25, -0.2) is 4.98 Å². The average molecular weight is 189 g/mol. The Morgan fingerprint density at radius 1 is 1.43 bits per heavy atom. The number of anilines is 1. The normalized spacial score (nSPS) is 10.1. The molecule has 0 aromatic carbocycles. The number of hydrogen-bond acceptors (Lipinski definition) is 4. The van der Waals surface area contributed by atoms with Crippen LogP contribution < -0.4 is 5.32 Å². The third-order valence-corrected chi connectivity index (χ3v) is 1.76. The number of pyridine rings is 1. The van der Waals surface area contributed by atoms with Crippen LogP contribution in [0, 0.1) is 0 Å². The molecule has 5 nitrogen and oxygen atoms in total. The highest BCUT2D eigenvalue weighted by Gasteiger charge is 1.97. The fourth-order valence-electron chi connectivity index (χ4n) is 1.12. The number of nitrogens with one attached hydrogen (secondary N) is 1. The third kappa shape index (κ3) is 2.07. The zero-order chi connectivity index (χ0) is 9.80. The fraction of sp³-hybridized carbons (Fsp3) is 0.222. The minimum Gasteiger partial charge on any atom is -0.364 e. The highest BCUT2D eigenvalue weighted by Crippen LogP contribution is 2.01. The van der Waals surface area contributed by atoms with Gasteiger partial charge in [0, 0.05) is 13.2 Å². The molecule has 72 valence electrons. The standard InChI is InChI=1S/C9H11N5/c1-14-12-7-8(13-14)6-11-9-4-2-3-5-10-9/h2-5,7H,6H2,1H3,(H,10,11). The summed E-state index contributed by atoms with van der Waals surface area (Å²) in [5, 5.41) is 11.3. The van der Waals surface area contributed by atoms with E-state index in [1.54, 1.807) is 19.4 Å². The van der Waals surface area contributed by atoms with E-state index in [0.29, 0.717) is 6.54 Å². The Kier molecular flexibility index (Phi) is 2.40. The van der Waals surface area contributed by atoms with Crippen LogP contribution in [0.3, 0.4) is 0 Å². The Hall–Kier alpha value is -1.91. The average Bonchev–Trinajstić information content (AvgIpc) is 2.63. The predicted molar refractivity (Wildman–Crippen MR) is 52.6 cm³/mol. The van der Waals surface area contributed by atoms with Gasteiger partial charge in [-0.3, -0.25) is 0 Å². The van der Waals surface area contributed by atoms with Crippen molar-refractivity contribution in [2.24, 2.45) is 7.05 Å². The second kappa shape index (κ2) is 3.87. The summed E-state index contributed by atoms with van der Waals surface area (Å²) in [5.41, 5.74) is 0.901. The van der Waals surface area contributed by atoms with Gasteiger partial charge in [0.05, 0.1) is 12.7 Å². The highest BCUT2D eigenvalue weighted by atomic mass is 15.4. The van der Waals surface area contributed by atoms with Crippen LogP contribution in [0.15, 0.2) is 30.6 Å². The molecule has 0 radical (unpaired) electrons. The molecule has 0 saturated carbocycles. The van der Waals surface area contributed by atoms with Gasteiger partial charge in [0.2, 0.25) is 0 Å². The van der Waals surface area contributed by atoms with Crippen molar-refractivity contribution in [3.8, 4) is 0 Å². The largest absolute Gasteiger partial charge is 0.364 e. The van der Waals surface area contributed by atoms with Gasteiger partial charge in [0.25, 0.3) is 0 Å². The molecule has 2 aromatic heterocycles. The van der Waals surface area contributed by atoms with Crippen molar-refractivity contribution >= 4 is 5.82 Å². The van der Waals surface area contributed by atoms with Crippen molar-refractivity contribution in [2.75, 3.05) is 5.32 Å². The molecule has 0 atom stereocenters. The Morgan fingerprint density at radius 3 is 3.00 bits per heavy atom. The SMILES string of the molecule is Cn1ncc(CNc2ccccn2)n1. The van der Waals surface area contributed by atoms with Crippen LogP contribution in [-0.4, -0.2) is 20.0 Å². The molecule has 0 saturated heterocycles. The monoisotopic (exact) mass is 189 g/mol. The van der Waals surface area contributed by atoms with Gasteiger partial charge in [-0.1, -0.05) is 6.07 Å². The molecular formula is C9H11N5. The lowest BCUT2D eigenvalue weighted by atomic mass is 10.4. The van der Waals surface area contributed by atoms with Gasteiger partial charge in [-0.05, 0) is 12.1 Å². The van der Waals surface area contributed by atoms with E-state index in [1.807, 2.05) is 18.2 Å². The Balaban J connectivity index is 1.95. The van der Waals surface area contributed by atoms with Gasteiger partial charge >= 0.3 is 0 Å². The first kappa shape index (κ1) is 8.68. The first-order valence-corrected chi connectivity index (χ1v) is 4.35. The van der Waals surface area contributed by atoms with Gasteiger partial charge < -0.3 is 5.32 Å². The maximum absolute atomic E-state index is 4.14. The summed E-state index contributed by atoms with van der Waals surface area (Å²) >= 11 is 0. The summed E-state index contributed by atoms with van der Waals surface area (Å²) in [6.07, 6.45) is 3.48. The van der Waals surface area contributed by atoms with Gasteiger partial charge in [-0.2, -0.15) is 15.0 Å². The summed E-state index contributed by atoms with van der Waals surface area (Å²) in [6.45, 7) is 0.644. The number of aromatic nitrogens is 4. The Labute approximate surface area is 81.8 Å². The molecule has 0 amide bonds. The van der Waals surface area contributed by atoms with Crippen molar-refractivity contribution < 1.29 is 0 Å². The van der Waals surface area contributed by atoms with Crippen molar-refractivity contribution in [1.29, 1.82) is 0 Å². The van der Waals surface area contributed by atoms with Gasteiger partial charge in [0.1, 0.15) is 11.5 Å². The van der Waals surface area contributed by atoms with Gasteiger partial charge in [-0.15, -0.1) is 0 Å². The lowest BCUT2D eigenvalue weighted by Crippen LogP contribution is -2.02. The number of aryl methyl sites for hydroxylation is 1. The molecule has 2 heterocycles. The van der Waals surface area contributed by atoms with Crippen LogP contribution in [0.25, 0.3) is 0 Å². The predicted octanol–water partition coefficient (Wildman–Crippen LogP) is 0.822. The van der Waals surface area contributed by atoms with E-state index < -0.39 is 0 Å². The summed E-state index contributed by atoms with van der Waals surface area (Å²) in [6, 6.07) is 5.73. The molecule has 0 aliphatic rings. The van der Waals surface area contributed by atoms with E-state index in [2.05, 4.69) is 20.5 Å². The molecule has 0 aliphatic heterocycles. The molecule has 2 rings (SSSR count). The fourth-order valence-corrected chi connectivity index (χ4v) is 1.12. The lowest BCUT2D eigenvalue weighted by molar-refractivity contribution is 0.646. The summed E-state index contributed by atoms with van der Waals surface area (Å²) in [4.78, 5) is 5.67. The first-order chi connectivity index (χ1) is 6.84. The van der Waals surface area contributed by atoms with Crippen LogP contribution in [0.2, 0.25) is 0 Å². The van der Waals surface area contributed by atoms with Crippen molar-refractivity contribution in [3.63, 3.8) is 0 Å². The van der Waals surface area contributed by atoms with Crippen molar-refractivity contribution in [2.45, 2.75) is 6.54 Å². The Morgan fingerprint density at radius 2 is 2.36 bits per heavy atom. The van der Waals surface area contributed by atoms with Crippen LogP contribution in [-0.2, 0) is 13.6 Å². The summed E-state index contributed by atoms with van der Waals surface area (Å²) in [7, 11) is 1.80. The topological polar surface area (TPSA) is 55.6 Å². The zero-order valence-corrected chi connectivity index (χ0v) is 7.88. The number of nitrogens with zero attached hydrogens (tertiary/aromatic N) is 4. The third-order valence-electron chi connectivity index (χ3n) is 1.76. The number of rotatable bonds is 3. The molecule has 14 heavy (non-hydrogen) atoms. The number of hydrogen-bond donors (Lipinski definition) is 1. The molecule has 2 aromatic rings. The van der Waals surface area contributed by atoms with Gasteiger partial charge in [0.15, 0.2) is 0 Å². The Bertz CT molecular complexity index is 395. The van der Waals surface area contributed by atoms with E-state index >= 15 is 0 Å². The smallest absolute Gasteiger partial charge is 0.126 e. The molecule has 5 heteroatoms. The lowest BCUT2D eigenvalue weighted by Gasteiger charge is -2.00. The van der Waals surface area contributed by atoms with Crippen LogP contribution >= 0.6 is 0 Å². The van der Waals surface area contributed by atoms with Crippen LogP contribution in [0.5, 0.6) is 0 Å². The van der Waals surface area contributed by atoms with E-state index in [1.165, 1.54) is 4.80 Å². The zero-order valence-electron chi connectivity index (χ0n) is 7.88. The van der Waals surface area contributed by atoms with E-state index in [4.69, 9.17) is 0 Å².